The Morgan fingerprint density at radius 2 is 2.10 bits per heavy atom. The number of aromatic nitrogens is 1. The number of nitrogens with one attached hydrogen (secondary N) is 1. The topological polar surface area (TPSA) is 88.5 Å². The molecule has 0 aliphatic rings. The van der Waals surface area contributed by atoms with Crippen molar-refractivity contribution < 1.29 is 19.4 Å². The van der Waals surface area contributed by atoms with Crippen LogP contribution in [0.5, 0.6) is 5.75 Å². The Balaban J connectivity index is 2.29. The van der Waals surface area contributed by atoms with E-state index < -0.39 is 11.9 Å². The van der Waals surface area contributed by atoms with Gasteiger partial charge in [0.2, 0.25) is 0 Å². The van der Waals surface area contributed by atoms with Crippen LogP contribution in [0.15, 0.2) is 36.7 Å². The molecule has 2 rings (SSSR count). The van der Waals surface area contributed by atoms with E-state index in [4.69, 9.17) is 21.4 Å². The molecular formula is C14H11ClN2O4. The lowest BCUT2D eigenvalue weighted by Crippen LogP contribution is -2.14. The van der Waals surface area contributed by atoms with Gasteiger partial charge in [0.25, 0.3) is 5.91 Å². The predicted molar refractivity (Wildman–Crippen MR) is 77.2 cm³/mol. The zero-order chi connectivity index (χ0) is 15.4. The number of halogens is 1. The van der Waals surface area contributed by atoms with Crippen molar-refractivity contribution >= 4 is 29.2 Å². The highest BCUT2D eigenvalue weighted by Crippen LogP contribution is 2.22. The molecule has 0 aliphatic carbocycles. The van der Waals surface area contributed by atoms with Crippen molar-refractivity contribution in [2.45, 2.75) is 0 Å². The molecule has 6 nitrogen and oxygen atoms in total. The number of hydrogen-bond acceptors (Lipinski definition) is 4. The number of rotatable bonds is 4. The fourth-order valence-corrected chi connectivity index (χ4v) is 1.95. The van der Waals surface area contributed by atoms with Crippen LogP contribution in [0.4, 0.5) is 5.69 Å². The molecule has 1 aromatic heterocycles. The van der Waals surface area contributed by atoms with Gasteiger partial charge in [0, 0.05) is 16.9 Å². The molecule has 7 heteroatoms. The molecule has 2 N–H and O–H groups in total. The second-order valence-electron chi connectivity index (χ2n) is 4.06. The van der Waals surface area contributed by atoms with Gasteiger partial charge in [-0.15, -0.1) is 0 Å². The van der Waals surface area contributed by atoms with Crippen LogP contribution in [0.1, 0.15) is 20.7 Å². The number of carbonyl (C=O) groups is 2. The van der Waals surface area contributed by atoms with Crippen molar-refractivity contribution in [3.63, 3.8) is 0 Å². The van der Waals surface area contributed by atoms with Crippen LogP contribution >= 0.6 is 11.6 Å². The van der Waals surface area contributed by atoms with Gasteiger partial charge >= 0.3 is 5.97 Å². The van der Waals surface area contributed by atoms with Crippen LogP contribution in [0.25, 0.3) is 0 Å². The van der Waals surface area contributed by atoms with Crippen LogP contribution in [-0.2, 0) is 0 Å². The number of methoxy groups -OCH3 is 1. The molecular weight excluding hydrogens is 296 g/mol. The molecule has 21 heavy (non-hydrogen) atoms. The van der Waals surface area contributed by atoms with Crippen molar-refractivity contribution in [2.24, 2.45) is 0 Å². The summed E-state index contributed by atoms with van der Waals surface area (Å²) in [5.41, 5.74) is 0.549. The molecule has 1 heterocycles. The Morgan fingerprint density at radius 1 is 1.33 bits per heavy atom. The lowest BCUT2D eigenvalue weighted by molar-refractivity contribution is 0.0696. The van der Waals surface area contributed by atoms with Gasteiger partial charge < -0.3 is 15.2 Å². The number of benzene rings is 1. The van der Waals surface area contributed by atoms with E-state index in [1.54, 1.807) is 0 Å². The van der Waals surface area contributed by atoms with Crippen LogP contribution in [-0.4, -0.2) is 29.1 Å². The average molecular weight is 307 g/mol. The highest BCUT2D eigenvalue weighted by molar-refractivity contribution is 6.31. The van der Waals surface area contributed by atoms with Crippen molar-refractivity contribution in [2.75, 3.05) is 12.4 Å². The number of ether oxygens (including phenoxy) is 1. The van der Waals surface area contributed by atoms with Crippen LogP contribution in [0, 0.1) is 0 Å². The summed E-state index contributed by atoms with van der Waals surface area (Å²) in [5.74, 6) is -1.27. The third kappa shape index (κ3) is 3.49. The molecule has 108 valence electrons. The van der Waals surface area contributed by atoms with Crippen LogP contribution in [0.2, 0.25) is 5.02 Å². The van der Waals surface area contributed by atoms with E-state index in [0.717, 1.165) is 0 Å². The van der Waals surface area contributed by atoms with Gasteiger partial charge in [-0.3, -0.25) is 9.78 Å². The van der Waals surface area contributed by atoms with Gasteiger partial charge in [-0.2, -0.15) is 0 Å². The second kappa shape index (κ2) is 6.23. The third-order valence-corrected chi connectivity index (χ3v) is 2.87. The maximum atomic E-state index is 12.2. The van der Waals surface area contributed by atoms with Crippen LogP contribution < -0.4 is 10.1 Å². The first kappa shape index (κ1) is 14.8. The molecule has 0 radical (unpaired) electrons. The summed E-state index contributed by atoms with van der Waals surface area (Å²) in [6.07, 6.45) is 2.87. The van der Waals surface area contributed by atoms with Gasteiger partial charge in [0.15, 0.2) is 0 Å². The van der Waals surface area contributed by atoms with Crippen LogP contribution in [0.3, 0.4) is 0 Å². The maximum Gasteiger partial charge on any atom is 0.335 e. The number of aromatic carboxylic acids is 1. The average Bonchev–Trinajstić information content (AvgIpc) is 2.46. The molecule has 0 spiro atoms. The fourth-order valence-electron chi connectivity index (χ4n) is 1.71. The smallest absolute Gasteiger partial charge is 0.335 e. The first-order valence-electron chi connectivity index (χ1n) is 5.84. The zero-order valence-electron chi connectivity index (χ0n) is 11.0. The Hall–Kier alpha value is -2.60. The van der Waals surface area contributed by atoms with Crippen molar-refractivity contribution in [3.8, 4) is 5.75 Å². The summed E-state index contributed by atoms with van der Waals surface area (Å²) < 4.78 is 5.05. The molecule has 1 amide bonds. The van der Waals surface area contributed by atoms with E-state index in [9.17, 15) is 9.59 Å². The molecule has 0 bridgehead atoms. The Kier molecular flexibility index (Phi) is 4.39. The van der Waals surface area contributed by atoms with Crippen molar-refractivity contribution in [3.05, 3.63) is 52.8 Å². The van der Waals surface area contributed by atoms with Gasteiger partial charge in [0.1, 0.15) is 5.75 Å². The number of amides is 1. The van der Waals surface area contributed by atoms with Gasteiger partial charge in [-0.1, -0.05) is 11.6 Å². The Bertz CT molecular complexity index is 703. The molecule has 0 saturated heterocycles. The molecule has 0 fully saturated rings. The lowest BCUT2D eigenvalue weighted by atomic mass is 10.2. The first-order chi connectivity index (χ1) is 10.0. The maximum absolute atomic E-state index is 12.2. The molecule has 0 saturated carbocycles. The largest absolute Gasteiger partial charge is 0.494 e. The Labute approximate surface area is 125 Å². The number of carboxylic acid groups (broad SMARTS) is 1. The zero-order valence-corrected chi connectivity index (χ0v) is 11.7. The lowest BCUT2D eigenvalue weighted by Gasteiger charge is -2.09. The number of anilines is 1. The second-order valence-corrected chi connectivity index (χ2v) is 4.50. The fraction of sp³-hybridized carbons (Fsp3) is 0.0714. The standard InChI is InChI=1S/C14H11ClN2O4/c1-21-12-7-16-3-2-11(12)13(18)17-10-5-8(14(19)20)4-9(15)6-10/h2-7H,1H3,(H,17,18)(H,19,20). The number of carboxylic acids is 1. The van der Waals surface area contributed by atoms with E-state index in [2.05, 4.69) is 10.3 Å². The minimum Gasteiger partial charge on any atom is -0.494 e. The summed E-state index contributed by atoms with van der Waals surface area (Å²) in [7, 11) is 1.43. The first-order valence-corrected chi connectivity index (χ1v) is 6.22. The highest BCUT2D eigenvalue weighted by Gasteiger charge is 2.14. The highest BCUT2D eigenvalue weighted by atomic mass is 35.5. The summed E-state index contributed by atoms with van der Waals surface area (Å²) in [5, 5.41) is 11.8. The summed E-state index contributed by atoms with van der Waals surface area (Å²) >= 11 is 5.83. The van der Waals surface area contributed by atoms with E-state index in [-0.39, 0.29) is 21.8 Å². The van der Waals surface area contributed by atoms with Gasteiger partial charge in [-0.05, 0) is 24.3 Å². The van der Waals surface area contributed by atoms with Gasteiger partial charge in [-0.25, -0.2) is 4.79 Å². The number of carbonyl (C=O) groups excluding carboxylic acids is 1. The Morgan fingerprint density at radius 3 is 2.76 bits per heavy atom. The number of hydrogen-bond donors (Lipinski definition) is 2. The number of nitrogens with zero attached hydrogens (tertiary/aromatic N) is 1. The van der Waals surface area contributed by atoms with E-state index in [0.29, 0.717) is 5.75 Å². The molecule has 0 unspecified atom stereocenters. The number of pyridine rings is 1. The minimum absolute atomic E-state index is 0.0144. The van der Waals surface area contributed by atoms with Crippen molar-refractivity contribution in [1.29, 1.82) is 0 Å². The SMILES string of the molecule is COc1cnccc1C(=O)Nc1cc(Cl)cc(C(=O)O)c1. The van der Waals surface area contributed by atoms with E-state index in [1.165, 1.54) is 43.8 Å². The summed E-state index contributed by atoms with van der Waals surface area (Å²) in [6, 6.07) is 5.57. The minimum atomic E-state index is -1.13. The van der Waals surface area contributed by atoms with Gasteiger partial charge in [0.05, 0.1) is 24.4 Å². The van der Waals surface area contributed by atoms with E-state index in [1.807, 2.05) is 0 Å². The predicted octanol–water partition coefficient (Wildman–Crippen LogP) is 2.69. The normalized spacial score (nSPS) is 10.0. The quantitative estimate of drug-likeness (QED) is 0.906. The van der Waals surface area contributed by atoms with Crippen molar-refractivity contribution in [1.82, 2.24) is 4.98 Å². The third-order valence-electron chi connectivity index (χ3n) is 2.65. The summed E-state index contributed by atoms with van der Waals surface area (Å²) in [4.78, 5) is 27.0. The van der Waals surface area contributed by atoms with E-state index >= 15 is 0 Å². The molecule has 0 aliphatic heterocycles. The summed E-state index contributed by atoms with van der Waals surface area (Å²) in [6.45, 7) is 0. The molecule has 0 atom stereocenters. The monoisotopic (exact) mass is 306 g/mol. The molecule has 1 aromatic carbocycles. The molecule has 2 aromatic rings.